The smallest absolute Gasteiger partial charge is 0.213 e. The average molecular weight is 411 g/mol. The monoisotopic (exact) mass is 410 g/mol. The maximum absolute atomic E-state index is 12.1. The zero-order chi connectivity index (χ0) is 19.0. The van der Waals surface area contributed by atoms with E-state index in [1.807, 2.05) is 6.92 Å². The third kappa shape index (κ3) is 7.77. The van der Waals surface area contributed by atoms with Crippen LogP contribution in [0.3, 0.4) is 0 Å². The molecule has 0 amide bonds. The van der Waals surface area contributed by atoms with Crippen molar-refractivity contribution in [2.24, 2.45) is 4.99 Å². The number of guanidine groups is 1. The Hall–Kier alpha value is -0.910. The van der Waals surface area contributed by atoms with Crippen LogP contribution < -0.4 is 15.4 Å². The summed E-state index contributed by atoms with van der Waals surface area (Å²) in [6, 6.07) is -0.184. The molecule has 9 nitrogen and oxygen atoms in total. The summed E-state index contributed by atoms with van der Waals surface area (Å²) in [4.78, 5) is 4.25. The molecule has 0 saturated carbocycles. The van der Waals surface area contributed by atoms with Crippen LogP contribution in [0.25, 0.3) is 0 Å². The van der Waals surface area contributed by atoms with Gasteiger partial charge < -0.3 is 15.4 Å². The van der Waals surface area contributed by atoms with Crippen LogP contribution in [0.4, 0.5) is 0 Å². The molecule has 0 aliphatic carbocycles. The highest BCUT2D eigenvalue weighted by Gasteiger charge is 2.28. The standard InChI is InChI=1S/C15H30N4O5S2/c1-2-16-15(19-13-6-9-25(20,21)12-13)17-7-10-26(22,23)18-11-14-5-3-4-8-24-14/h13-14,18H,2-12H2,1H3,(H2,16,17,19). The van der Waals surface area contributed by atoms with Crippen LogP contribution in [-0.4, -0.2) is 78.4 Å². The molecule has 2 atom stereocenters. The molecule has 2 heterocycles. The van der Waals surface area contributed by atoms with Crippen molar-refractivity contribution in [2.45, 2.75) is 44.8 Å². The van der Waals surface area contributed by atoms with Crippen LogP contribution in [-0.2, 0) is 24.6 Å². The van der Waals surface area contributed by atoms with Crippen LogP contribution in [0.1, 0.15) is 32.6 Å². The topological polar surface area (TPSA) is 126 Å². The fourth-order valence-electron chi connectivity index (χ4n) is 2.96. The summed E-state index contributed by atoms with van der Waals surface area (Å²) < 4.78 is 55.3. The van der Waals surface area contributed by atoms with Gasteiger partial charge in [0.2, 0.25) is 10.0 Å². The summed E-state index contributed by atoms with van der Waals surface area (Å²) in [5.41, 5.74) is 0. The molecule has 0 radical (unpaired) electrons. The Labute approximate surface area is 156 Å². The van der Waals surface area contributed by atoms with Gasteiger partial charge in [-0.05, 0) is 32.6 Å². The number of sulfone groups is 1. The van der Waals surface area contributed by atoms with E-state index in [4.69, 9.17) is 4.74 Å². The second-order valence-corrected chi connectivity index (χ2v) is 10.8. The number of hydrogen-bond acceptors (Lipinski definition) is 6. The first-order chi connectivity index (χ1) is 12.3. The fraction of sp³-hybridized carbons (Fsp3) is 0.933. The summed E-state index contributed by atoms with van der Waals surface area (Å²) >= 11 is 0. The minimum absolute atomic E-state index is 0.0506. The zero-order valence-corrected chi connectivity index (χ0v) is 16.9. The van der Waals surface area contributed by atoms with E-state index in [0.717, 1.165) is 19.3 Å². The molecule has 2 saturated heterocycles. The Morgan fingerprint density at radius 3 is 2.69 bits per heavy atom. The highest BCUT2D eigenvalue weighted by atomic mass is 32.2. The summed E-state index contributed by atoms with van der Waals surface area (Å²) in [6.45, 7) is 3.58. The van der Waals surface area contributed by atoms with Gasteiger partial charge in [0.05, 0.1) is 29.9 Å². The van der Waals surface area contributed by atoms with E-state index in [2.05, 4.69) is 20.3 Å². The minimum Gasteiger partial charge on any atom is -0.377 e. The highest BCUT2D eigenvalue weighted by molar-refractivity contribution is 7.91. The van der Waals surface area contributed by atoms with Gasteiger partial charge in [-0.15, -0.1) is 0 Å². The largest absolute Gasteiger partial charge is 0.377 e. The number of nitrogens with zero attached hydrogens (tertiary/aromatic N) is 1. The summed E-state index contributed by atoms with van der Waals surface area (Å²) in [5, 5.41) is 6.08. The van der Waals surface area contributed by atoms with Gasteiger partial charge in [0, 0.05) is 25.7 Å². The molecule has 2 unspecified atom stereocenters. The SMILES string of the molecule is CCNC(=NCCS(=O)(=O)NCC1CCCCO1)NC1CCS(=O)(=O)C1. The molecule has 3 N–H and O–H groups in total. The normalized spacial score (nSPS) is 26.6. The lowest BCUT2D eigenvalue weighted by molar-refractivity contribution is 0.0200. The van der Waals surface area contributed by atoms with Crippen molar-refractivity contribution in [2.75, 3.05) is 43.5 Å². The van der Waals surface area contributed by atoms with Crippen molar-refractivity contribution in [1.29, 1.82) is 0 Å². The second-order valence-electron chi connectivity index (χ2n) is 6.66. The molecule has 2 aliphatic heterocycles. The van der Waals surface area contributed by atoms with Gasteiger partial charge in [-0.25, -0.2) is 21.6 Å². The Morgan fingerprint density at radius 2 is 2.08 bits per heavy atom. The van der Waals surface area contributed by atoms with E-state index in [1.165, 1.54) is 0 Å². The third-order valence-electron chi connectivity index (χ3n) is 4.35. The van der Waals surface area contributed by atoms with E-state index >= 15 is 0 Å². The van der Waals surface area contributed by atoms with Gasteiger partial charge in [-0.2, -0.15) is 0 Å². The minimum atomic E-state index is -3.43. The molecule has 0 aromatic rings. The summed E-state index contributed by atoms with van der Waals surface area (Å²) in [7, 11) is -6.41. The summed E-state index contributed by atoms with van der Waals surface area (Å²) in [5.74, 6) is 0.573. The van der Waals surface area contributed by atoms with Crippen molar-refractivity contribution in [3.05, 3.63) is 0 Å². The van der Waals surface area contributed by atoms with E-state index < -0.39 is 19.9 Å². The molecular formula is C15H30N4O5S2. The predicted octanol–water partition coefficient (Wildman–Crippen LogP) is -0.783. The lowest BCUT2D eigenvalue weighted by atomic mass is 10.1. The number of hydrogen-bond donors (Lipinski definition) is 3. The van der Waals surface area contributed by atoms with E-state index in [9.17, 15) is 16.8 Å². The Morgan fingerprint density at radius 1 is 1.27 bits per heavy atom. The van der Waals surface area contributed by atoms with Crippen molar-refractivity contribution in [3.8, 4) is 0 Å². The first-order valence-electron chi connectivity index (χ1n) is 9.14. The first kappa shape index (κ1) is 21.4. The molecule has 0 aromatic carbocycles. The average Bonchev–Trinajstić information content (AvgIpc) is 2.93. The van der Waals surface area contributed by atoms with Crippen LogP contribution in [0, 0.1) is 0 Å². The van der Waals surface area contributed by atoms with Crippen LogP contribution in [0.15, 0.2) is 4.99 Å². The maximum atomic E-state index is 12.1. The van der Waals surface area contributed by atoms with Gasteiger partial charge in [0.1, 0.15) is 0 Å². The lowest BCUT2D eigenvalue weighted by Crippen LogP contribution is -2.44. The molecule has 0 aromatic heterocycles. The van der Waals surface area contributed by atoms with Gasteiger partial charge in [0.25, 0.3) is 0 Å². The van der Waals surface area contributed by atoms with Gasteiger partial charge >= 0.3 is 0 Å². The quantitative estimate of drug-likeness (QED) is 0.354. The molecule has 2 rings (SSSR count). The first-order valence-corrected chi connectivity index (χ1v) is 12.6. The van der Waals surface area contributed by atoms with Crippen molar-refractivity contribution in [3.63, 3.8) is 0 Å². The molecule has 0 bridgehead atoms. The van der Waals surface area contributed by atoms with Crippen molar-refractivity contribution in [1.82, 2.24) is 15.4 Å². The molecule has 11 heteroatoms. The molecule has 2 fully saturated rings. The number of nitrogens with one attached hydrogen (secondary N) is 3. The Kier molecular flexibility index (Phi) is 8.11. The Balaban J connectivity index is 1.78. The summed E-state index contributed by atoms with van der Waals surface area (Å²) in [6.07, 6.45) is 3.45. The zero-order valence-electron chi connectivity index (χ0n) is 15.2. The van der Waals surface area contributed by atoms with E-state index in [-0.39, 0.29) is 35.9 Å². The molecule has 0 spiro atoms. The molecular weight excluding hydrogens is 380 g/mol. The number of ether oxygens (including phenoxy) is 1. The highest BCUT2D eigenvalue weighted by Crippen LogP contribution is 2.12. The fourth-order valence-corrected chi connectivity index (χ4v) is 5.55. The van der Waals surface area contributed by atoms with Crippen molar-refractivity contribution >= 4 is 25.8 Å². The van der Waals surface area contributed by atoms with Crippen LogP contribution in [0.5, 0.6) is 0 Å². The lowest BCUT2D eigenvalue weighted by Gasteiger charge is -2.22. The molecule has 2 aliphatic rings. The van der Waals surface area contributed by atoms with Crippen molar-refractivity contribution < 1.29 is 21.6 Å². The predicted molar refractivity (Wildman–Crippen MR) is 102 cm³/mol. The van der Waals surface area contributed by atoms with Gasteiger partial charge in [-0.3, -0.25) is 4.99 Å². The Bertz CT molecular complexity index is 672. The van der Waals surface area contributed by atoms with E-state index in [0.29, 0.717) is 32.1 Å². The van der Waals surface area contributed by atoms with E-state index in [1.54, 1.807) is 0 Å². The molecule has 26 heavy (non-hydrogen) atoms. The molecule has 152 valence electrons. The van der Waals surface area contributed by atoms with Gasteiger partial charge in [-0.1, -0.05) is 0 Å². The maximum Gasteiger partial charge on any atom is 0.213 e. The third-order valence-corrected chi connectivity index (χ3v) is 7.45. The van der Waals surface area contributed by atoms with Crippen LogP contribution in [0.2, 0.25) is 0 Å². The van der Waals surface area contributed by atoms with Crippen LogP contribution >= 0.6 is 0 Å². The number of rotatable bonds is 8. The number of sulfonamides is 1. The number of aliphatic imine (C=N–C) groups is 1. The second kappa shape index (κ2) is 9.86. The van der Waals surface area contributed by atoms with Gasteiger partial charge in [0.15, 0.2) is 15.8 Å².